The Morgan fingerprint density at radius 3 is 2.76 bits per heavy atom. The van der Waals surface area contributed by atoms with Gasteiger partial charge in [0.1, 0.15) is 0 Å². The summed E-state index contributed by atoms with van der Waals surface area (Å²) in [4.78, 5) is 14.1. The Kier molecular flexibility index (Phi) is 5.98. The summed E-state index contributed by atoms with van der Waals surface area (Å²) in [6.07, 6.45) is 7.60. The topological polar surface area (TPSA) is 70.2 Å². The monoisotopic (exact) mass is 337 g/mol. The second-order valence-corrected chi connectivity index (χ2v) is 5.95. The van der Waals surface area contributed by atoms with Gasteiger partial charge in [0.2, 0.25) is 5.91 Å². The van der Waals surface area contributed by atoms with Crippen LogP contribution in [0, 0.1) is 0 Å². The van der Waals surface area contributed by atoms with Crippen molar-refractivity contribution >= 4 is 23.5 Å². The van der Waals surface area contributed by atoms with Crippen molar-refractivity contribution in [1.29, 1.82) is 0 Å². The van der Waals surface area contributed by atoms with E-state index in [1.807, 2.05) is 36.4 Å². The number of carbonyl (C=O) groups is 1. The fraction of sp³-hybridized carbons (Fsp3) is 0.316. The minimum Gasteiger partial charge on any atom is -0.370 e. The molecule has 3 rings (SSSR count). The van der Waals surface area contributed by atoms with Gasteiger partial charge in [0, 0.05) is 38.3 Å². The lowest BCUT2D eigenvalue weighted by Crippen LogP contribution is -2.27. The Hall–Kier alpha value is -2.89. The first-order valence-electron chi connectivity index (χ1n) is 8.64. The molecule has 1 saturated heterocycles. The number of amides is 1. The van der Waals surface area contributed by atoms with Crippen molar-refractivity contribution in [2.75, 3.05) is 36.4 Å². The van der Waals surface area contributed by atoms with Crippen molar-refractivity contribution in [2.24, 2.45) is 0 Å². The normalized spacial score (nSPS) is 14.0. The molecule has 130 valence electrons. The van der Waals surface area contributed by atoms with Crippen LogP contribution in [0.15, 0.2) is 48.7 Å². The summed E-state index contributed by atoms with van der Waals surface area (Å²) in [6.45, 7) is 3.28. The fourth-order valence-electron chi connectivity index (χ4n) is 2.76. The highest BCUT2D eigenvalue weighted by Gasteiger charge is 2.13. The van der Waals surface area contributed by atoms with Crippen molar-refractivity contribution in [3.63, 3.8) is 0 Å². The van der Waals surface area contributed by atoms with E-state index in [0.29, 0.717) is 13.1 Å². The fourth-order valence-corrected chi connectivity index (χ4v) is 2.76. The molecular formula is C19H23N5O. The Labute approximate surface area is 148 Å². The Bertz CT molecular complexity index is 711. The molecule has 6 heteroatoms. The van der Waals surface area contributed by atoms with E-state index in [2.05, 4.69) is 25.7 Å². The Morgan fingerprint density at radius 2 is 1.96 bits per heavy atom. The number of nitrogens with one attached hydrogen (secondary N) is 2. The smallest absolute Gasteiger partial charge is 0.244 e. The van der Waals surface area contributed by atoms with Gasteiger partial charge in [-0.25, -0.2) is 0 Å². The van der Waals surface area contributed by atoms with Gasteiger partial charge in [-0.3, -0.25) is 4.79 Å². The van der Waals surface area contributed by atoms with Gasteiger partial charge in [0.05, 0.1) is 11.9 Å². The molecule has 2 heterocycles. The molecule has 6 nitrogen and oxygen atoms in total. The van der Waals surface area contributed by atoms with E-state index >= 15 is 0 Å². The van der Waals surface area contributed by atoms with Crippen LogP contribution in [0.1, 0.15) is 18.4 Å². The molecule has 25 heavy (non-hydrogen) atoms. The van der Waals surface area contributed by atoms with Gasteiger partial charge in [-0.2, -0.15) is 5.10 Å². The first-order valence-corrected chi connectivity index (χ1v) is 8.64. The zero-order valence-corrected chi connectivity index (χ0v) is 14.2. The summed E-state index contributed by atoms with van der Waals surface area (Å²) >= 11 is 0. The molecule has 0 saturated carbocycles. The molecular weight excluding hydrogens is 314 g/mol. The molecule has 1 aliphatic heterocycles. The first-order chi connectivity index (χ1) is 12.3. The molecule has 1 aromatic carbocycles. The lowest BCUT2D eigenvalue weighted by molar-refractivity contribution is -0.116. The average molecular weight is 337 g/mol. The predicted molar refractivity (Wildman–Crippen MR) is 100 cm³/mol. The second-order valence-electron chi connectivity index (χ2n) is 5.95. The van der Waals surface area contributed by atoms with Crippen molar-refractivity contribution < 1.29 is 4.79 Å². The average Bonchev–Trinajstić information content (AvgIpc) is 3.19. The van der Waals surface area contributed by atoms with Crippen molar-refractivity contribution in [2.45, 2.75) is 12.8 Å². The van der Waals surface area contributed by atoms with Crippen LogP contribution in [0.4, 0.5) is 11.5 Å². The minimum absolute atomic E-state index is 0.109. The number of rotatable bonds is 7. The van der Waals surface area contributed by atoms with Crippen LogP contribution in [-0.4, -0.2) is 42.3 Å². The standard InChI is InChI=1S/C19H23N5O/c25-19(9-8-16-6-2-1-3-7-16)21-11-10-20-18-14-17(15-22-23-18)24-12-4-5-13-24/h1-3,6-9,14-15H,4-5,10-13H2,(H,20,23)(H,21,25)/b9-8+. The Morgan fingerprint density at radius 1 is 1.16 bits per heavy atom. The zero-order chi connectivity index (χ0) is 17.3. The molecule has 0 atom stereocenters. The van der Waals surface area contributed by atoms with Gasteiger partial charge >= 0.3 is 0 Å². The molecule has 2 aromatic rings. The third-order valence-corrected chi connectivity index (χ3v) is 4.07. The third-order valence-electron chi connectivity index (χ3n) is 4.07. The Balaban J connectivity index is 1.40. The number of anilines is 2. The second kappa shape index (κ2) is 8.82. The molecule has 0 spiro atoms. The van der Waals surface area contributed by atoms with Gasteiger partial charge in [-0.1, -0.05) is 30.3 Å². The molecule has 1 aromatic heterocycles. The SMILES string of the molecule is O=C(/C=C/c1ccccc1)NCCNc1cc(N2CCCC2)cnn1. The van der Waals surface area contributed by atoms with Crippen molar-refractivity contribution in [3.8, 4) is 0 Å². The van der Waals surface area contributed by atoms with Crippen LogP contribution in [0.2, 0.25) is 0 Å². The van der Waals surface area contributed by atoms with Crippen LogP contribution in [0.5, 0.6) is 0 Å². The highest BCUT2D eigenvalue weighted by atomic mass is 16.1. The van der Waals surface area contributed by atoms with Crippen LogP contribution >= 0.6 is 0 Å². The quantitative estimate of drug-likeness (QED) is 0.599. The number of hydrogen-bond donors (Lipinski definition) is 2. The third kappa shape index (κ3) is 5.31. The summed E-state index contributed by atoms with van der Waals surface area (Å²) in [5.74, 6) is 0.626. The maximum atomic E-state index is 11.8. The van der Waals surface area contributed by atoms with Gasteiger partial charge in [0.15, 0.2) is 5.82 Å². The van der Waals surface area contributed by atoms with Gasteiger partial charge in [-0.15, -0.1) is 5.10 Å². The van der Waals surface area contributed by atoms with E-state index < -0.39 is 0 Å². The number of hydrogen-bond acceptors (Lipinski definition) is 5. The van der Waals surface area contributed by atoms with Gasteiger partial charge < -0.3 is 15.5 Å². The number of nitrogens with zero attached hydrogens (tertiary/aromatic N) is 3. The summed E-state index contributed by atoms with van der Waals surface area (Å²) in [5, 5.41) is 14.2. The highest BCUT2D eigenvalue weighted by molar-refractivity contribution is 5.91. The van der Waals surface area contributed by atoms with E-state index in [1.165, 1.54) is 12.8 Å². The van der Waals surface area contributed by atoms with E-state index in [1.54, 1.807) is 18.3 Å². The predicted octanol–water partition coefficient (Wildman–Crippen LogP) is 2.32. The molecule has 1 amide bonds. The summed E-state index contributed by atoms with van der Waals surface area (Å²) < 4.78 is 0. The maximum absolute atomic E-state index is 11.8. The van der Waals surface area contributed by atoms with Gasteiger partial charge in [-0.05, 0) is 24.5 Å². The molecule has 1 aliphatic rings. The van der Waals surface area contributed by atoms with Crippen LogP contribution in [0.25, 0.3) is 6.08 Å². The number of benzene rings is 1. The van der Waals surface area contributed by atoms with Crippen molar-refractivity contribution in [1.82, 2.24) is 15.5 Å². The highest BCUT2D eigenvalue weighted by Crippen LogP contribution is 2.20. The lowest BCUT2D eigenvalue weighted by atomic mass is 10.2. The number of aromatic nitrogens is 2. The summed E-state index contributed by atoms with van der Waals surface area (Å²) in [7, 11) is 0. The lowest BCUT2D eigenvalue weighted by Gasteiger charge is -2.17. The van der Waals surface area contributed by atoms with E-state index in [-0.39, 0.29) is 5.91 Å². The van der Waals surface area contributed by atoms with E-state index in [4.69, 9.17) is 0 Å². The molecule has 0 bridgehead atoms. The zero-order valence-electron chi connectivity index (χ0n) is 14.2. The maximum Gasteiger partial charge on any atom is 0.244 e. The molecule has 0 aliphatic carbocycles. The molecule has 0 unspecified atom stereocenters. The summed E-state index contributed by atoms with van der Waals surface area (Å²) in [6, 6.07) is 11.8. The summed E-state index contributed by atoms with van der Waals surface area (Å²) in [5.41, 5.74) is 2.11. The molecule has 2 N–H and O–H groups in total. The minimum atomic E-state index is -0.109. The first kappa shape index (κ1) is 17.0. The van der Waals surface area contributed by atoms with Gasteiger partial charge in [0.25, 0.3) is 0 Å². The van der Waals surface area contributed by atoms with Crippen LogP contribution in [0.3, 0.4) is 0 Å². The van der Waals surface area contributed by atoms with Crippen LogP contribution < -0.4 is 15.5 Å². The van der Waals surface area contributed by atoms with Crippen LogP contribution in [-0.2, 0) is 4.79 Å². The van der Waals surface area contributed by atoms with Crippen molar-refractivity contribution in [3.05, 3.63) is 54.2 Å². The molecule has 0 radical (unpaired) electrons. The van der Waals surface area contributed by atoms with E-state index in [9.17, 15) is 4.79 Å². The number of carbonyl (C=O) groups excluding carboxylic acids is 1. The molecule has 1 fully saturated rings. The largest absolute Gasteiger partial charge is 0.370 e. The van der Waals surface area contributed by atoms with E-state index in [0.717, 1.165) is 30.2 Å².